The largest absolute Gasteiger partial charge is 0.324 e. The van der Waals surface area contributed by atoms with Crippen molar-refractivity contribution < 1.29 is 4.79 Å². The van der Waals surface area contributed by atoms with Crippen LogP contribution in [0.2, 0.25) is 0 Å². The molecule has 0 unspecified atom stereocenters. The first-order valence-corrected chi connectivity index (χ1v) is 4.97. The van der Waals surface area contributed by atoms with Gasteiger partial charge in [-0.15, -0.1) is 22.9 Å². The van der Waals surface area contributed by atoms with Crippen LogP contribution in [0.15, 0.2) is 5.38 Å². The lowest BCUT2D eigenvalue weighted by Crippen LogP contribution is -2.13. The summed E-state index contributed by atoms with van der Waals surface area (Å²) in [5.41, 5.74) is 2.00. The van der Waals surface area contributed by atoms with Gasteiger partial charge in [0, 0.05) is 4.88 Å². The lowest BCUT2D eigenvalue weighted by molar-refractivity contribution is -0.113. The highest BCUT2D eigenvalue weighted by Gasteiger charge is 2.07. The summed E-state index contributed by atoms with van der Waals surface area (Å²) in [6.07, 6.45) is 0. The molecule has 0 fully saturated rings. The normalized spacial score (nSPS) is 9.92. The molecular weight excluding hydrogens is 194 g/mol. The second-order valence-corrected chi connectivity index (χ2v) is 3.88. The van der Waals surface area contributed by atoms with Gasteiger partial charge in [0.2, 0.25) is 5.91 Å². The topological polar surface area (TPSA) is 29.1 Å². The van der Waals surface area contributed by atoms with Gasteiger partial charge in [0.05, 0.1) is 5.69 Å². The van der Waals surface area contributed by atoms with Gasteiger partial charge in [-0.05, 0) is 24.8 Å². The first-order valence-electron chi connectivity index (χ1n) is 3.55. The number of alkyl halides is 1. The first-order chi connectivity index (χ1) is 5.65. The second-order valence-electron chi connectivity index (χ2n) is 2.53. The fourth-order valence-electron chi connectivity index (χ4n) is 0.932. The maximum absolute atomic E-state index is 10.9. The zero-order valence-corrected chi connectivity index (χ0v) is 8.55. The van der Waals surface area contributed by atoms with Crippen LogP contribution in [0.4, 0.5) is 5.69 Å². The molecule has 0 saturated carbocycles. The smallest absolute Gasteiger partial charge is 0.239 e. The summed E-state index contributed by atoms with van der Waals surface area (Å²) in [5.74, 6) is -0.143. The van der Waals surface area contributed by atoms with E-state index in [1.807, 2.05) is 19.2 Å². The SMILES string of the molecule is Cc1csc(C)c1NC(=O)CCl. The summed E-state index contributed by atoms with van der Waals surface area (Å²) < 4.78 is 0. The van der Waals surface area contributed by atoms with Crippen molar-refractivity contribution >= 4 is 34.5 Å². The number of amides is 1. The van der Waals surface area contributed by atoms with Gasteiger partial charge in [-0.2, -0.15) is 0 Å². The fraction of sp³-hybridized carbons (Fsp3) is 0.375. The summed E-state index contributed by atoms with van der Waals surface area (Å²) in [5, 5.41) is 4.76. The molecule has 66 valence electrons. The number of hydrogen-bond acceptors (Lipinski definition) is 2. The van der Waals surface area contributed by atoms with E-state index in [1.54, 1.807) is 11.3 Å². The number of nitrogens with one attached hydrogen (secondary N) is 1. The van der Waals surface area contributed by atoms with Gasteiger partial charge >= 0.3 is 0 Å². The summed E-state index contributed by atoms with van der Waals surface area (Å²) >= 11 is 6.99. The summed E-state index contributed by atoms with van der Waals surface area (Å²) in [7, 11) is 0. The van der Waals surface area contributed by atoms with Crippen molar-refractivity contribution in [3.05, 3.63) is 15.8 Å². The van der Waals surface area contributed by atoms with Gasteiger partial charge < -0.3 is 5.32 Å². The zero-order chi connectivity index (χ0) is 9.14. The summed E-state index contributed by atoms with van der Waals surface area (Å²) in [4.78, 5) is 12.1. The quantitative estimate of drug-likeness (QED) is 0.736. The number of anilines is 1. The van der Waals surface area contributed by atoms with Crippen molar-refractivity contribution in [2.75, 3.05) is 11.2 Å². The fourth-order valence-corrected chi connectivity index (χ4v) is 1.80. The van der Waals surface area contributed by atoms with Gasteiger partial charge in [0.25, 0.3) is 0 Å². The van der Waals surface area contributed by atoms with Crippen molar-refractivity contribution in [1.82, 2.24) is 0 Å². The minimum absolute atomic E-state index is 0.00866. The van der Waals surface area contributed by atoms with Gasteiger partial charge in [0.15, 0.2) is 0 Å². The molecule has 0 radical (unpaired) electrons. The maximum Gasteiger partial charge on any atom is 0.239 e. The third kappa shape index (κ3) is 1.99. The van der Waals surface area contributed by atoms with Gasteiger partial charge in [0.1, 0.15) is 5.88 Å². The Hall–Kier alpha value is -0.540. The number of rotatable bonds is 2. The molecule has 0 aliphatic heterocycles. The number of hydrogen-bond donors (Lipinski definition) is 1. The summed E-state index contributed by atoms with van der Waals surface area (Å²) in [6.45, 7) is 3.94. The molecule has 0 aliphatic rings. The van der Waals surface area contributed by atoms with Crippen LogP contribution in [-0.2, 0) is 4.79 Å². The molecular formula is C8H10ClNOS. The number of aryl methyl sites for hydroxylation is 2. The lowest BCUT2D eigenvalue weighted by atomic mass is 10.3. The average molecular weight is 204 g/mol. The van der Waals surface area contributed by atoms with Gasteiger partial charge in [-0.3, -0.25) is 4.79 Å². The molecule has 0 aliphatic carbocycles. The van der Waals surface area contributed by atoms with E-state index in [2.05, 4.69) is 5.32 Å². The standard InChI is InChI=1S/C8H10ClNOS/c1-5-4-12-6(2)8(5)10-7(11)3-9/h4H,3H2,1-2H3,(H,10,11). The van der Waals surface area contributed by atoms with Crippen molar-refractivity contribution in [3.63, 3.8) is 0 Å². The Morgan fingerprint density at radius 2 is 2.33 bits per heavy atom. The van der Waals surface area contributed by atoms with Crippen molar-refractivity contribution in [3.8, 4) is 0 Å². The number of halogens is 1. The molecule has 1 N–H and O–H groups in total. The minimum atomic E-state index is -0.152. The molecule has 0 spiro atoms. The van der Waals surface area contributed by atoms with Crippen molar-refractivity contribution in [2.45, 2.75) is 13.8 Å². The van der Waals surface area contributed by atoms with Crippen molar-refractivity contribution in [1.29, 1.82) is 0 Å². The van der Waals surface area contributed by atoms with Crippen LogP contribution in [0.5, 0.6) is 0 Å². The third-order valence-corrected chi connectivity index (χ3v) is 2.82. The van der Waals surface area contributed by atoms with Gasteiger partial charge in [-0.25, -0.2) is 0 Å². The molecule has 1 rings (SSSR count). The van der Waals surface area contributed by atoms with Crippen LogP contribution in [0.25, 0.3) is 0 Å². The zero-order valence-electron chi connectivity index (χ0n) is 6.98. The molecule has 1 aromatic rings. The first kappa shape index (κ1) is 9.55. The van der Waals surface area contributed by atoms with Crippen LogP contribution in [0, 0.1) is 13.8 Å². The Balaban J connectivity index is 2.80. The molecule has 1 aromatic heterocycles. The molecule has 0 aromatic carbocycles. The predicted molar refractivity (Wildman–Crippen MR) is 53.1 cm³/mol. The van der Waals surface area contributed by atoms with E-state index in [1.165, 1.54) is 0 Å². The maximum atomic E-state index is 10.9. The average Bonchev–Trinajstić information content (AvgIpc) is 2.35. The third-order valence-electron chi connectivity index (χ3n) is 1.54. The van der Waals surface area contributed by atoms with Crippen LogP contribution >= 0.6 is 22.9 Å². The highest BCUT2D eigenvalue weighted by atomic mass is 35.5. The van der Waals surface area contributed by atoms with Crippen molar-refractivity contribution in [2.24, 2.45) is 0 Å². The van der Waals surface area contributed by atoms with E-state index in [9.17, 15) is 4.79 Å². The number of carbonyl (C=O) groups is 1. The van der Waals surface area contributed by atoms with E-state index in [-0.39, 0.29) is 11.8 Å². The molecule has 0 atom stereocenters. The summed E-state index contributed by atoms with van der Waals surface area (Å²) in [6, 6.07) is 0. The van der Waals surface area contributed by atoms with Crippen LogP contribution in [-0.4, -0.2) is 11.8 Å². The Morgan fingerprint density at radius 1 is 1.67 bits per heavy atom. The van der Waals surface area contributed by atoms with E-state index in [4.69, 9.17) is 11.6 Å². The molecule has 12 heavy (non-hydrogen) atoms. The Bertz CT molecular complexity index is 276. The predicted octanol–water partition coefficient (Wildman–Crippen LogP) is 2.54. The van der Waals surface area contributed by atoms with Crippen LogP contribution in [0.1, 0.15) is 10.4 Å². The second kappa shape index (κ2) is 3.92. The molecule has 0 bridgehead atoms. The molecule has 4 heteroatoms. The highest BCUT2D eigenvalue weighted by molar-refractivity contribution is 7.10. The Kier molecular flexibility index (Phi) is 3.12. The lowest BCUT2D eigenvalue weighted by Gasteiger charge is -2.02. The molecule has 2 nitrogen and oxygen atoms in total. The molecule has 0 saturated heterocycles. The highest BCUT2D eigenvalue weighted by Crippen LogP contribution is 2.26. The van der Waals surface area contributed by atoms with E-state index in [0.29, 0.717) is 0 Å². The van der Waals surface area contributed by atoms with E-state index in [0.717, 1.165) is 16.1 Å². The Morgan fingerprint density at radius 3 is 2.75 bits per heavy atom. The van der Waals surface area contributed by atoms with E-state index >= 15 is 0 Å². The van der Waals surface area contributed by atoms with Gasteiger partial charge in [-0.1, -0.05) is 0 Å². The van der Waals surface area contributed by atoms with Crippen LogP contribution < -0.4 is 5.32 Å². The van der Waals surface area contributed by atoms with Crippen LogP contribution in [0.3, 0.4) is 0 Å². The Labute approximate surface area is 80.5 Å². The van der Waals surface area contributed by atoms with E-state index < -0.39 is 0 Å². The minimum Gasteiger partial charge on any atom is -0.324 e. The monoisotopic (exact) mass is 203 g/mol. The molecule has 1 amide bonds. The number of carbonyl (C=O) groups excluding carboxylic acids is 1. The number of thiophene rings is 1. The molecule has 1 heterocycles.